The summed E-state index contributed by atoms with van der Waals surface area (Å²) in [4.78, 5) is 0. The maximum atomic E-state index is 6.00. The molecule has 2 rings (SSSR count). The Hall–Kier alpha value is -0.0800. The van der Waals surface area contributed by atoms with Crippen molar-refractivity contribution in [3.05, 3.63) is 0 Å². The maximum absolute atomic E-state index is 6.00. The van der Waals surface area contributed by atoms with Crippen molar-refractivity contribution in [3.8, 4) is 0 Å². The van der Waals surface area contributed by atoms with E-state index in [0.717, 1.165) is 6.42 Å². The normalized spacial score (nSPS) is 32.0. The van der Waals surface area contributed by atoms with Crippen molar-refractivity contribution in [2.45, 2.75) is 116 Å². The predicted octanol–water partition coefficient (Wildman–Crippen LogP) is 5.49. The fourth-order valence-corrected chi connectivity index (χ4v) is 3.46. The minimum Gasteiger partial charge on any atom is -0.375 e. The van der Waals surface area contributed by atoms with E-state index in [1.807, 2.05) is 0 Å². The van der Waals surface area contributed by atoms with E-state index in [0.29, 0.717) is 29.8 Å². The fourth-order valence-electron chi connectivity index (χ4n) is 3.46. The molecule has 2 aliphatic heterocycles. The lowest BCUT2D eigenvalue weighted by Gasteiger charge is -2.36. The van der Waals surface area contributed by atoms with Gasteiger partial charge in [-0.2, -0.15) is 0 Å². The summed E-state index contributed by atoms with van der Waals surface area (Å²) in [6, 6.07) is 0. The molecule has 2 nitrogen and oxygen atoms in total. The van der Waals surface area contributed by atoms with Gasteiger partial charge < -0.3 is 9.47 Å². The molecule has 2 fully saturated rings. The van der Waals surface area contributed by atoms with Crippen molar-refractivity contribution in [1.29, 1.82) is 0 Å². The quantitative estimate of drug-likeness (QED) is 0.393. The molecule has 0 spiro atoms. The largest absolute Gasteiger partial charge is 0.375 e. The van der Waals surface area contributed by atoms with Crippen LogP contribution in [0.1, 0.15) is 91.9 Å². The van der Waals surface area contributed by atoms with Gasteiger partial charge >= 0.3 is 0 Å². The third-order valence-corrected chi connectivity index (χ3v) is 4.87. The second kappa shape index (κ2) is 7.97. The maximum Gasteiger partial charge on any atom is 0.0866 e. The second-order valence-corrected chi connectivity index (χ2v) is 8.37. The summed E-state index contributed by atoms with van der Waals surface area (Å²) in [5.41, 5.74) is 0.505. The van der Waals surface area contributed by atoms with Gasteiger partial charge in [-0.1, -0.05) is 59.8 Å². The smallest absolute Gasteiger partial charge is 0.0866 e. The van der Waals surface area contributed by atoms with E-state index in [9.17, 15) is 0 Å². The third kappa shape index (κ3) is 6.69. The van der Waals surface area contributed by atoms with Crippen molar-refractivity contribution in [2.24, 2.45) is 5.41 Å². The first-order chi connectivity index (χ1) is 9.98. The third-order valence-electron chi connectivity index (χ3n) is 4.87. The molecule has 2 heterocycles. The Morgan fingerprint density at radius 1 is 0.857 bits per heavy atom. The Labute approximate surface area is 132 Å². The zero-order valence-corrected chi connectivity index (χ0v) is 14.7. The molecule has 4 atom stereocenters. The van der Waals surface area contributed by atoms with Crippen LogP contribution in [0.3, 0.4) is 0 Å². The molecule has 0 radical (unpaired) electrons. The van der Waals surface area contributed by atoms with E-state index in [-0.39, 0.29) is 0 Å². The second-order valence-electron chi connectivity index (χ2n) is 8.37. The zero-order chi connectivity index (χ0) is 15.3. The fraction of sp³-hybridized carbons (Fsp3) is 1.00. The van der Waals surface area contributed by atoms with Gasteiger partial charge in [0.25, 0.3) is 0 Å². The lowest BCUT2D eigenvalue weighted by atomic mass is 9.89. The highest BCUT2D eigenvalue weighted by Crippen LogP contribution is 2.36. The molecule has 0 aliphatic carbocycles. The van der Waals surface area contributed by atoms with E-state index >= 15 is 0 Å². The standard InChI is InChI=1S/C19H36O2/c1-5-10-17-18(21-17)14-16-13-15(20-16)11-8-6-7-9-12-19(2,3)4/h15-18H,5-14H2,1-4H3. The average molecular weight is 296 g/mol. The molecule has 21 heavy (non-hydrogen) atoms. The van der Waals surface area contributed by atoms with Crippen molar-refractivity contribution < 1.29 is 9.47 Å². The van der Waals surface area contributed by atoms with Crippen LogP contribution in [0.5, 0.6) is 0 Å². The van der Waals surface area contributed by atoms with Gasteiger partial charge in [0.05, 0.1) is 24.4 Å². The van der Waals surface area contributed by atoms with Gasteiger partial charge in [-0.15, -0.1) is 0 Å². The van der Waals surface area contributed by atoms with Gasteiger partial charge in [-0.25, -0.2) is 0 Å². The van der Waals surface area contributed by atoms with E-state index in [1.165, 1.54) is 57.8 Å². The first kappa shape index (κ1) is 17.3. The molecule has 0 saturated carbocycles. The monoisotopic (exact) mass is 296 g/mol. The first-order valence-electron chi connectivity index (χ1n) is 9.29. The van der Waals surface area contributed by atoms with Crippen LogP contribution in [0.15, 0.2) is 0 Å². The Balaban J connectivity index is 1.38. The molecule has 0 bridgehead atoms. The minimum absolute atomic E-state index is 0.503. The van der Waals surface area contributed by atoms with Crippen molar-refractivity contribution in [1.82, 2.24) is 0 Å². The van der Waals surface area contributed by atoms with Crippen LogP contribution < -0.4 is 0 Å². The Bertz CT molecular complexity index is 288. The van der Waals surface area contributed by atoms with Gasteiger partial charge in [0.1, 0.15) is 0 Å². The molecule has 0 aromatic carbocycles. The van der Waals surface area contributed by atoms with Gasteiger partial charge in [-0.05, 0) is 31.1 Å². The molecule has 124 valence electrons. The predicted molar refractivity (Wildman–Crippen MR) is 88.6 cm³/mol. The summed E-state index contributed by atoms with van der Waals surface area (Å²) in [5, 5.41) is 0. The summed E-state index contributed by atoms with van der Waals surface area (Å²) in [5.74, 6) is 0. The average Bonchev–Trinajstić information content (AvgIpc) is 3.07. The van der Waals surface area contributed by atoms with Crippen LogP contribution in [0.4, 0.5) is 0 Å². The van der Waals surface area contributed by atoms with Crippen molar-refractivity contribution in [3.63, 3.8) is 0 Å². The summed E-state index contributed by atoms with van der Waals surface area (Å²) < 4.78 is 11.7. The van der Waals surface area contributed by atoms with Gasteiger partial charge in [-0.3, -0.25) is 0 Å². The lowest BCUT2D eigenvalue weighted by Crippen LogP contribution is -2.38. The molecule has 0 aromatic rings. The molecule has 4 unspecified atom stereocenters. The van der Waals surface area contributed by atoms with Crippen LogP contribution in [0.2, 0.25) is 0 Å². The number of hydrogen-bond donors (Lipinski definition) is 0. The molecule has 2 saturated heterocycles. The van der Waals surface area contributed by atoms with Crippen LogP contribution in [-0.2, 0) is 9.47 Å². The number of hydrogen-bond acceptors (Lipinski definition) is 2. The highest BCUT2D eigenvalue weighted by molar-refractivity contribution is 4.90. The lowest BCUT2D eigenvalue weighted by molar-refractivity contribution is -0.132. The van der Waals surface area contributed by atoms with Crippen molar-refractivity contribution >= 4 is 0 Å². The topological polar surface area (TPSA) is 21.8 Å². The number of epoxide rings is 1. The molecule has 2 aliphatic rings. The van der Waals surface area contributed by atoms with E-state index in [1.54, 1.807) is 0 Å². The van der Waals surface area contributed by atoms with E-state index < -0.39 is 0 Å². The Morgan fingerprint density at radius 2 is 1.57 bits per heavy atom. The number of unbranched alkanes of at least 4 members (excludes halogenated alkanes) is 3. The van der Waals surface area contributed by atoms with Gasteiger partial charge in [0.2, 0.25) is 0 Å². The van der Waals surface area contributed by atoms with E-state index in [2.05, 4.69) is 27.7 Å². The highest BCUT2D eigenvalue weighted by Gasteiger charge is 2.42. The Kier molecular flexibility index (Phi) is 6.55. The highest BCUT2D eigenvalue weighted by atomic mass is 16.6. The van der Waals surface area contributed by atoms with Crippen LogP contribution in [0, 0.1) is 5.41 Å². The summed E-state index contributed by atoms with van der Waals surface area (Å²) in [6.07, 6.45) is 15.2. The Morgan fingerprint density at radius 3 is 2.24 bits per heavy atom. The first-order valence-corrected chi connectivity index (χ1v) is 9.29. The minimum atomic E-state index is 0.503. The van der Waals surface area contributed by atoms with Gasteiger partial charge in [0, 0.05) is 6.42 Å². The summed E-state index contributed by atoms with van der Waals surface area (Å²) >= 11 is 0. The number of ether oxygens (including phenoxy) is 2. The van der Waals surface area contributed by atoms with Crippen LogP contribution >= 0.6 is 0 Å². The number of rotatable bonds is 10. The van der Waals surface area contributed by atoms with Crippen molar-refractivity contribution in [2.75, 3.05) is 0 Å². The van der Waals surface area contributed by atoms with Gasteiger partial charge in [0.15, 0.2) is 0 Å². The molecular formula is C19H36O2. The van der Waals surface area contributed by atoms with Crippen LogP contribution in [-0.4, -0.2) is 24.4 Å². The SMILES string of the molecule is CCCC1OC1CC1CC(CCCCCCC(C)(C)C)O1. The molecule has 0 N–H and O–H groups in total. The molecule has 0 aromatic heterocycles. The van der Waals surface area contributed by atoms with E-state index in [4.69, 9.17) is 9.47 Å². The molecular weight excluding hydrogens is 260 g/mol. The molecule has 0 amide bonds. The molecule has 2 heteroatoms. The summed E-state index contributed by atoms with van der Waals surface area (Å²) in [6.45, 7) is 9.24. The van der Waals surface area contributed by atoms with Crippen LogP contribution in [0.25, 0.3) is 0 Å². The summed E-state index contributed by atoms with van der Waals surface area (Å²) in [7, 11) is 0. The zero-order valence-electron chi connectivity index (χ0n) is 14.7.